The Morgan fingerprint density at radius 2 is 2.10 bits per heavy atom. The summed E-state index contributed by atoms with van der Waals surface area (Å²) in [5.41, 5.74) is 4.81. The van der Waals surface area contributed by atoms with Crippen molar-refractivity contribution in [1.29, 1.82) is 0 Å². The Morgan fingerprint density at radius 3 is 2.93 bits per heavy atom. The number of ether oxygens (including phenoxy) is 1. The summed E-state index contributed by atoms with van der Waals surface area (Å²) in [6.45, 7) is 4.31. The third-order valence-electron chi connectivity index (χ3n) is 5.01. The van der Waals surface area contributed by atoms with Crippen LogP contribution in [0, 0.1) is 13.8 Å². The van der Waals surface area contributed by atoms with Gasteiger partial charge in [0.2, 0.25) is 5.91 Å². The van der Waals surface area contributed by atoms with Crippen LogP contribution in [0.3, 0.4) is 0 Å². The lowest BCUT2D eigenvalue weighted by molar-refractivity contribution is -0.125. The minimum absolute atomic E-state index is 0.0892. The number of aromatic amines is 1. The molecule has 4 rings (SSSR count). The van der Waals surface area contributed by atoms with Crippen molar-refractivity contribution in [3.63, 3.8) is 0 Å². The number of H-pyrrole nitrogens is 1. The molecule has 1 aromatic heterocycles. The normalized spacial score (nSPS) is 13.3. The standard InChI is InChI=1S/C21H21ClN4O3/c1-12-8-15-16(9-13(12)2)25-18(24-15)6-7-23-19(27)10-26-17-5-3-4-14(22)21(17)29-11-20(26)28/h3-5,8-9H,6-7,10-11H2,1-2H3,(H,23,27)(H,24,25). The number of amides is 2. The molecule has 3 aromatic rings. The van der Waals surface area contributed by atoms with Crippen LogP contribution >= 0.6 is 11.6 Å². The summed E-state index contributed by atoms with van der Waals surface area (Å²) in [6, 6.07) is 9.25. The van der Waals surface area contributed by atoms with Crippen LogP contribution in [0.25, 0.3) is 11.0 Å². The second-order valence-electron chi connectivity index (χ2n) is 7.09. The highest BCUT2D eigenvalue weighted by Crippen LogP contribution is 2.37. The van der Waals surface area contributed by atoms with E-state index in [4.69, 9.17) is 16.3 Å². The van der Waals surface area contributed by atoms with Crippen LogP contribution in [-0.4, -0.2) is 41.5 Å². The van der Waals surface area contributed by atoms with Crippen molar-refractivity contribution in [3.05, 3.63) is 52.3 Å². The number of hydrogen-bond acceptors (Lipinski definition) is 4. The van der Waals surface area contributed by atoms with E-state index in [0.29, 0.717) is 29.4 Å². The van der Waals surface area contributed by atoms with Gasteiger partial charge in [0.15, 0.2) is 12.4 Å². The fraction of sp³-hybridized carbons (Fsp3) is 0.286. The molecule has 0 fully saturated rings. The first-order valence-corrected chi connectivity index (χ1v) is 9.74. The number of carbonyl (C=O) groups is 2. The van der Waals surface area contributed by atoms with E-state index >= 15 is 0 Å². The number of nitrogens with one attached hydrogen (secondary N) is 2. The Hall–Kier alpha value is -3.06. The highest BCUT2D eigenvalue weighted by Gasteiger charge is 2.28. The number of rotatable bonds is 5. The highest BCUT2D eigenvalue weighted by atomic mass is 35.5. The van der Waals surface area contributed by atoms with Gasteiger partial charge in [-0.2, -0.15) is 0 Å². The van der Waals surface area contributed by atoms with Crippen LogP contribution in [0.15, 0.2) is 30.3 Å². The molecule has 0 saturated carbocycles. The molecule has 2 amide bonds. The van der Waals surface area contributed by atoms with Crippen molar-refractivity contribution < 1.29 is 14.3 Å². The quantitative estimate of drug-likeness (QED) is 0.674. The Kier molecular flexibility index (Phi) is 5.15. The molecular weight excluding hydrogens is 392 g/mol. The van der Waals surface area contributed by atoms with Gasteiger partial charge in [0.05, 0.1) is 21.7 Å². The Labute approximate surface area is 173 Å². The molecule has 0 spiro atoms. The van der Waals surface area contributed by atoms with Crippen molar-refractivity contribution in [2.45, 2.75) is 20.3 Å². The lowest BCUT2D eigenvalue weighted by Crippen LogP contribution is -2.45. The van der Waals surface area contributed by atoms with Gasteiger partial charge >= 0.3 is 0 Å². The third kappa shape index (κ3) is 3.91. The van der Waals surface area contributed by atoms with Gasteiger partial charge < -0.3 is 15.0 Å². The molecule has 2 heterocycles. The molecule has 0 aliphatic carbocycles. The van der Waals surface area contributed by atoms with E-state index in [1.807, 2.05) is 0 Å². The first kappa shape index (κ1) is 19.3. The number of halogens is 1. The van der Waals surface area contributed by atoms with E-state index in [9.17, 15) is 9.59 Å². The van der Waals surface area contributed by atoms with Crippen molar-refractivity contribution >= 4 is 40.1 Å². The molecule has 0 radical (unpaired) electrons. The number of para-hydroxylation sites is 1. The minimum Gasteiger partial charge on any atom is -0.480 e. The van der Waals surface area contributed by atoms with Crippen LogP contribution in [0.1, 0.15) is 17.0 Å². The number of hydrogen-bond donors (Lipinski definition) is 2. The smallest absolute Gasteiger partial charge is 0.265 e. The van der Waals surface area contributed by atoms with Gasteiger partial charge in [-0.3, -0.25) is 14.5 Å². The minimum atomic E-state index is -0.280. The van der Waals surface area contributed by atoms with Crippen LogP contribution in [0.5, 0.6) is 5.75 Å². The van der Waals surface area contributed by atoms with E-state index in [2.05, 4.69) is 41.3 Å². The molecule has 0 atom stereocenters. The zero-order valence-electron chi connectivity index (χ0n) is 16.2. The molecule has 2 aromatic carbocycles. The number of imidazole rings is 1. The number of aryl methyl sites for hydroxylation is 2. The summed E-state index contributed by atoms with van der Waals surface area (Å²) in [7, 11) is 0. The molecule has 7 nitrogen and oxygen atoms in total. The lowest BCUT2D eigenvalue weighted by atomic mass is 10.1. The Morgan fingerprint density at radius 1 is 1.31 bits per heavy atom. The maximum Gasteiger partial charge on any atom is 0.265 e. The summed E-state index contributed by atoms with van der Waals surface area (Å²) in [4.78, 5) is 33.9. The fourth-order valence-corrected chi connectivity index (χ4v) is 3.56. The van der Waals surface area contributed by atoms with E-state index in [1.165, 1.54) is 16.0 Å². The highest BCUT2D eigenvalue weighted by molar-refractivity contribution is 6.32. The summed E-state index contributed by atoms with van der Waals surface area (Å²) in [5, 5.41) is 3.26. The van der Waals surface area contributed by atoms with Crippen LogP contribution in [0.4, 0.5) is 5.69 Å². The molecule has 150 valence electrons. The number of carbonyl (C=O) groups excluding carboxylic acids is 2. The average Bonchev–Trinajstić information content (AvgIpc) is 3.06. The van der Waals surface area contributed by atoms with E-state index in [1.54, 1.807) is 18.2 Å². The lowest BCUT2D eigenvalue weighted by Gasteiger charge is -2.29. The van der Waals surface area contributed by atoms with Crippen LogP contribution in [0.2, 0.25) is 5.02 Å². The maximum absolute atomic E-state index is 12.4. The largest absolute Gasteiger partial charge is 0.480 e. The third-order valence-corrected chi connectivity index (χ3v) is 5.31. The molecule has 0 unspecified atom stereocenters. The SMILES string of the molecule is Cc1cc2nc(CCNC(=O)CN3C(=O)COc4c(Cl)cccc43)[nH]c2cc1C. The predicted molar refractivity (Wildman–Crippen MR) is 112 cm³/mol. The van der Waals surface area contributed by atoms with Gasteiger partial charge in [-0.1, -0.05) is 17.7 Å². The van der Waals surface area contributed by atoms with Gasteiger partial charge in [-0.25, -0.2) is 4.98 Å². The van der Waals surface area contributed by atoms with Gasteiger partial charge in [0, 0.05) is 13.0 Å². The molecule has 8 heteroatoms. The topological polar surface area (TPSA) is 87.3 Å². The van der Waals surface area contributed by atoms with E-state index < -0.39 is 0 Å². The molecule has 2 N–H and O–H groups in total. The molecule has 0 bridgehead atoms. The Balaban J connectivity index is 1.37. The number of aromatic nitrogens is 2. The summed E-state index contributed by atoms with van der Waals surface area (Å²) < 4.78 is 5.40. The first-order valence-electron chi connectivity index (χ1n) is 9.36. The predicted octanol–water partition coefficient (Wildman–Crippen LogP) is 2.92. The van der Waals surface area contributed by atoms with Crippen LogP contribution in [-0.2, 0) is 16.0 Å². The Bertz CT molecular complexity index is 1070. The van der Waals surface area contributed by atoms with Crippen molar-refractivity contribution in [1.82, 2.24) is 15.3 Å². The molecular formula is C21H21ClN4O3. The van der Waals surface area contributed by atoms with E-state index in [-0.39, 0.29) is 25.0 Å². The number of fused-ring (bicyclic) bond motifs is 2. The van der Waals surface area contributed by atoms with Gasteiger partial charge in [-0.05, 0) is 49.2 Å². The van der Waals surface area contributed by atoms with Gasteiger partial charge in [0.25, 0.3) is 5.91 Å². The second-order valence-corrected chi connectivity index (χ2v) is 7.50. The summed E-state index contributed by atoms with van der Waals surface area (Å²) in [6.07, 6.45) is 0.567. The monoisotopic (exact) mass is 412 g/mol. The molecule has 1 aliphatic heterocycles. The maximum atomic E-state index is 12.4. The molecule has 1 aliphatic rings. The summed E-state index contributed by atoms with van der Waals surface area (Å²) >= 11 is 6.12. The van der Waals surface area contributed by atoms with Crippen molar-refractivity contribution in [2.75, 3.05) is 24.6 Å². The van der Waals surface area contributed by atoms with Gasteiger partial charge in [0.1, 0.15) is 12.4 Å². The molecule has 29 heavy (non-hydrogen) atoms. The van der Waals surface area contributed by atoms with Crippen LogP contribution < -0.4 is 15.0 Å². The van der Waals surface area contributed by atoms with Gasteiger partial charge in [-0.15, -0.1) is 0 Å². The number of nitrogens with zero attached hydrogens (tertiary/aromatic N) is 2. The zero-order valence-corrected chi connectivity index (χ0v) is 17.0. The number of anilines is 1. The number of benzene rings is 2. The summed E-state index contributed by atoms with van der Waals surface area (Å²) in [5.74, 6) is 0.700. The van der Waals surface area contributed by atoms with Crippen molar-refractivity contribution in [3.8, 4) is 5.75 Å². The zero-order chi connectivity index (χ0) is 20.5. The molecule has 0 saturated heterocycles. The van der Waals surface area contributed by atoms with E-state index in [0.717, 1.165) is 16.9 Å². The average molecular weight is 413 g/mol. The first-order chi connectivity index (χ1) is 13.9. The second kappa shape index (κ2) is 7.75. The van der Waals surface area contributed by atoms with Crippen molar-refractivity contribution in [2.24, 2.45) is 0 Å². The fourth-order valence-electron chi connectivity index (χ4n) is 3.33.